The van der Waals surface area contributed by atoms with Gasteiger partial charge in [0.2, 0.25) is 5.91 Å². The van der Waals surface area contributed by atoms with E-state index in [0.717, 1.165) is 0 Å². The van der Waals surface area contributed by atoms with Crippen LogP contribution in [0.15, 0.2) is 0 Å². The normalized spacial score (nSPS) is 15.6. The summed E-state index contributed by atoms with van der Waals surface area (Å²) in [4.78, 5) is 10.7. The van der Waals surface area contributed by atoms with Crippen molar-refractivity contribution in [1.29, 1.82) is 0 Å². The van der Waals surface area contributed by atoms with Crippen molar-refractivity contribution in [2.75, 3.05) is 13.2 Å². The van der Waals surface area contributed by atoms with Gasteiger partial charge in [0.1, 0.15) is 5.60 Å². The average molecular weight is 161 g/mol. The van der Waals surface area contributed by atoms with E-state index in [2.05, 4.69) is 5.32 Å². The molecule has 0 saturated carbocycles. The third kappa shape index (κ3) is 4.75. The maximum atomic E-state index is 10.7. The van der Waals surface area contributed by atoms with Crippen LogP contribution in [-0.2, 0) is 4.79 Å². The molecule has 0 heterocycles. The summed E-state index contributed by atoms with van der Waals surface area (Å²) in [6.07, 6.45) is 0.390. The minimum Gasteiger partial charge on any atom is -0.393 e. The van der Waals surface area contributed by atoms with Crippen molar-refractivity contribution < 1.29 is 15.0 Å². The summed E-state index contributed by atoms with van der Waals surface area (Å²) in [7, 11) is 0. The molecule has 0 saturated heterocycles. The number of hydrogen-bond donors (Lipinski definition) is 3. The van der Waals surface area contributed by atoms with Gasteiger partial charge in [-0.3, -0.25) is 4.79 Å². The summed E-state index contributed by atoms with van der Waals surface area (Å²) in [5, 5.41) is 20.3. The van der Waals surface area contributed by atoms with Crippen LogP contribution in [0.3, 0.4) is 0 Å². The van der Waals surface area contributed by atoms with Gasteiger partial charge in [-0.25, -0.2) is 0 Å². The number of rotatable bonds is 4. The lowest BCUT2D eigenvalue weighted by atomic mass is 10.1. The molecule has 0 bridgehead atoms. The van der Waals surface area contributed by atoms with Gasteiger partial charge in [-0.1, -0.05) is 6.92 Å². The highest BCUT2D eigenvalue weighted by atomic mass is 16.3. The van der Waals surface area contributed by atoms with Gasteiger partial charge in [0.15, 0.2) is 0 Å². The molecule has 3 N–H and O–H groups in total. The number of nitrogens with one attached hydrogen (secondary N) is 1. The molecule has 0 aliphatic heterocycles. The van der Waals surface area contributed by atoms with E-state index in [1.165, 1.54) is 6.92 Å². The molecule has 1 amide bonds. The largest absolute Gasteiger partial charge is 0.393 e. The predicted molar refractivity (Wildman–Crippen MR) is 41.0 cm³/mol. The van der Waals surface area contributed by atoms with Crippen LogP contribution in [0.2, 0.25) is 0 Å². The van der Waals surface area contributed by atoms with Gasteiger partial charge in [-0.05, 0) is 6.92 Å². The molecule has 1 atom stereocenters. The Kier molecular flexibility index (Phi) is 4.07. The fourth-order valence-electron chi connectivity index (χ4n) is 0.470. The molecule has 11 heavy (non-hydrogen) atoms. The number of hydrogen-bond acceptors (Lipinski definition) is 3. The quantitative estimate of drug-likeness (QED) is 0.508. The molecule has 66 valence electrons. The maximum Gasteiger partial charge on any atom is 0.219 e. The molecule has 0 aromatic rings. The number of aliphatic hydroxyl groups is 2. The number of aliphatic hydroxyl groups excluding tert-OH is 1. The molecule has 0 aliphatic carbocycles. The van der Waals surface area contributed by atoms with Crippen molar-refractivity contribution in [2.24, 2.45) is 0 Å². The Morgan fingerprint density at radius 1 is 1.64 bits per heavy atom. The second kappa shape index (κ2) is 4.31. The standard InChI is InChI=1S/C7H15NO3/c1-3-6(10)8-4-7(2,11)5-9/h9,11H,3-5H2,1-2H3,(H,8,10). The van der Waals surface area contributed by atoms with Crippen molar-refractivity contribution in [3.05, 3.63) is 0 Å². The highest BCUT2D eigenvalue weighted by molar-refractivity contribution is 5.75. The number of carbonyl (C=O) groups excluding carboxylic acids is 1. The van der Waals surface area contributed by atoms with Crippen LogP contribution in [0.5, 0.6) is 0 Å². The van der Waals surface area contributed by atoms with E-state index >= 15 is 0 Å². The highest BCUT2D eigenvalue weighted by Gasteiger charge is 2.18. The van der Waals surface area contributed by atoms with Crippen LogP contribution in [0.25, 0.3) is 0 Å². The molecule has 4 nitrogen and oxygen atoms in total. The van der Waals surface area contributed by atoms with E-state index in [0.29, 0.717) is 6.42 Å². The summed E-state index contributed by atoms with van der Waals surface area (Å²) in [6.45, 7) is 2.93. The van der Waals surface area contributed by atoms with Gasteiger partial charge in [-0.15, -0.1) is 0 Å². The Balaban J connectivity index is 3.61. The Bertz CT molecular complexity index is 134. The first-order chi connectivity index (χ1) is 5.02. The lowest BCUT2D eigenvalue weighted by molar-refractivity contribution is -0.122. The van der Waals surface area contributed by atoms with E-state index in [1.807, 2.05) is 0 Å². The summed E-state index contributed by atoms with van der Waals surface area (Å²) >= 11 is 0. The molecule has 0 spiro atoms. The highest BCUT2D eigenvalue weighted by Crippen LogP contribution is 1.98. The second-order valence-corrected chi connectivity index (χ2v) is 2.79. The zero-order valence-corrected chi connectivity index (χ0v) is 6.92. The summed E-state index contributed by atoms with van der Waals surface area (Å²) in [6, 6.07) is 0. The van der Waals surface area contributed by atoms with Crippen molar-refractivity contribution >= 4 is 5.91 Å². The Labute approximate surface area is 66.2 Å². The SMILES string of the molecule is CCC(=O)NCC(C)(O)CO. The van der Waals surface area contributed by atoms with E-state index in [-0.39, 0.29) is 19.1 Å². The lowest BCUT2D eigenvalue weighted by Crippen LogP contribution is -2.43. The van der Waals surface area contributed by atoms with Gasteiger partial charge < -0.3 is 15.5 Å². The van der Waals surface area contributed by atoms with Gasteiger partial charge in [0.05, 0.1) is 6.61 Å². The zero-order chi connectivity index (χ0) is 8.91. The molecule has 4 heteroatoms. The maximum absolute atomic E-state index is 10.7. The first-order valence-corrected chi connectivity index (χ1v) is 3.62. The molecular formula is C7H15NO3. The van der Waals surface area contributed by atoms with Crippen LogP contribution < -0.4 is 5.32 Å². The molecule has 0 aromatic carbocycles. The smallest absolute Gasteiger partial charge is 0.219 e. The van der Waals surface area contributed by atoms with Crippen molar-refractivity contribution in [3.63, 3.8) is 0 Å². The first kappa shape index (κ1) is 10.4. The summed E-state index contributed by atoms with van der Waals surface area (Å²) in [5.41, 5.74) is -1.20. The predicted octanol–water partition coefficient (Wildman–Crippen LogP) is -0.744. The Hall–Kier alpha value is -0.610. The van der Waals surface area contributed by atoms with Gasteiger partial charge >= 0.3 is 0 Å². The molecule has 0 rings (SSSR count). The van der Waals surface area contributed by atoms with E-state index in [4.69, 9.17) is 5.11 Å². The topological polar surface area (TPSA) is 69.6 Å². The fourth-order valence-corrected chi connectivity index (χ4v) is 0.470. The van der Waals surface area contributed by atoms with E-state index < -0.39 is 5.60 Å². The van der Waals surface area contributed by atoms with Crippen molar-refractivity contribution in [3.8, 4) is 0 Å². The summed E-state index contributed by atoms with van der Waals surface area (Å²) < 4.78 is 0. The Morgan fingerprint density at radius 2 is 2.18 bits per heavy atom. The zero-order valence-electron chi connectivity index (χ0n) is 6.92. The molecule has 0 aliphatic rings. The number of carbonyl (C=O) groups is 1. The molecule has 0 aromatic heterocycles. The van der Waals surface area contributed by atoms with Crippen LogP contribution in [0, 0.1) is 0 Å². The molecule has 1 unspecified atom stereocenters. The van der Waals surface area contributed by atoms with Crippen molar-refractivity contribution in [2.45, 2.75) is 25.9 Å². The lowest BCUT2D eigenvalue weighted by Gasteiger charge is -2.20. The molecule has 0 fully saturated rings. The van der Waals surface area contributed by atoms with Gasteiger partial charge in [0, 0.05) is 13.0 Å². The monoisotopic (exact) mass is 161 g/mol. The van der Waals surface area contributed by atoms with E-state index in [1.54, 1.807) is 6.92 Å². The average Bonchev–Trinajstić information content (AvgIpc) is 2.00. The summed E-state index contributed by atoms with van der Waals surface area (Å²) in [5.74, 6) is -0.126. The minimum absolute atomic E-state index is 0.0934. The number of amides is 1. The van der Waals surface area contributed by atoms with Crippen LogP contribution in [0.1, 0.15) is 20.3 Å². The molecular weight excluding hydrogens is 146 g/mol. The van der Waals surface area contributed by atoms with Crippen LogP contribution in [-0.4, -0.2) is 34.9 Å². The van der Waals surface area contributed by atoms with Crippen LogP contribution >= 0.6 is 0 Å². The van der Waals surface area contributed by atoms with E-state index in [9.17, 15) is 9.90 Å². The van der Waals surface area contributed by atoms with Gasteiger partial charge in [0.25, 0.3) is 0 Å². The van der Waals surface area contributed by atoms with Crippen LogP contribution in [0.4, 0.5) is 0 Å². The Morgan fingerprint density at radius 3 is 2.55 bits per heavy atom. The minimum atomic E-state index is -1.20. The first-order valence-electron chi connectivity index (χ1n) is 3.62. The second-order valence-electron chi connectivity index (χ2n) is 2.79. The van der Waals surface area contributed by atoms with Crippen molar-refractivity contribution in [1.82, 2.24) is 5.32 Å². The third-order valence-corrected chi connectivity index (χ3v) is 1.33. The fraction of sp³-hybridized carbons (Fsp3) is 0.857. The third-order valence-electron chi connectivity index (χ3n) is 1.33. The molecule has 0 radical (unpaired) electrons. The van der Waals surface area contributed by atoms with Gasteiger partial charge in [-0.2, -0.15) is 0 Å².